The molecule has 2 heterocycles. The van der Waals surface area contributed by atoms with Crippen molar-refractivity contribution < 1.29 is 18.0 Å². The minimum atomic E-state index is -3.59. The zero-order chi connectivity index (χ0) is 19.2. The van der Waals surface area contributed by atoms with E-state index in [1.54, 1.807) is 24.3 Å². The predicted molar refractivity (Wildman–Crippen MR) is 102 cm³/mol. The number of sulfonamides is 1. The van der Waals surface area contributed by atoms with E-state index >= 15 is 0 Å². The van der Waals surface area contributed by atoms with Crippen molar-refractivity contribution in [2.45, 2.75) is 36.7 Å². The minimum absolute atomic E-state index is 0.246. The van der Waals surface area contributed by atoms with Gasteiger partial charge in [-0.05, 0) is 47.4 Å². The summed E-state index contributed by atoms with van der Waals surface area (Å²) >= 11 is 3.31. The van der Waals surface area contributed by atoms with Crippen molar-refractivity contribution >= 4 is 37.8 Å². The van der Waals surface area contributed by atoms with Gasteiger partial charge in [-0.1, -0.05) is 34.1 Å². The number of amides is 2. The van der Waals surface area contributed by atoms with Crippen LogP contribution >= 0.6 is 15.9 Å². The molecule has 1 N–H and O–H groups in total. The van der Waals surface area contributed by atoms with Gasteiger partial charge in [0, 0.05) is 24.0 Å². The molecule has 0 saturated carbocycles. The fourth-order valence-electron chi connectivity index (χ4n) is 3.54. The van der Waals surface area contributed by atoms with Gasteiger partial charge in [0.25, 0.3) is 0 Å². The molecule has 0 spiro atoms. The molecule has 2 aliphatic rings. The normalized spacial score (nSPS) is 20.4. The van der Waals surface area contributed by atoms with E-state index in [-0.39, 0.29) is 29.2 Å². The fraction of sp³-hybridized carbons (Fsp3) is 0.263. The van der Waals surface area contributed by atoms with Gasteiger partial charge in [-0.15, -0.1) is 0 Å². The molecule has 4 rings (SSSR count). The van der Waals surface area contributed by atoms with E-state index in [4.69, 9.17) is 0 Å². The summed E-state index contributed by atoms with van der Waals surface area (Å²) in [6, 6.07) is 12.2. The van der Waals surface area contributed by atoms with Crippen LogP contribution in [0.5, 0.6) is 0 Å². The molecule has 2 aromatic carbocycles. The molecule has 1 atom stereocenters. The minimum Gasteiger partial charge on any atom is -0.296 e. The van der Waals surface area contributed by atoms with Gasteiger partial charge in [0.1, 0.15) is 0 Å². The third kappa shape index (κ3) is 3.44. The van der Waals surface area contributed by atoms with E-state index in [0.717, 1.165) is 21.2 Å². The van der Waals surface area contributed by atoms with Crippen molar-refractivity contribution in [2.24, 2.45) is 0 Å². The van der Waals surface area contributed by atoms with E-state index in [0.29, 0.717) is 19.4 Å². The van der Waals surface area contributed by atoms with Crippen LogP contribution in [0.1, 0.15) is 35.4 Å². The van der Waals surface area contributed by atoms with E-state index in [2.05, 4.69) is 21.2 Å². The van der Waals surface area contributed by atoms with Crippen molar-refractivity contribution in [3.63, 3.8) is 0 Å². The Kier molecular flexibility index (Phi) is 4.65. The topological polar surface area (TPSA) is 83.6 Å². The monoisotopic (exact) mass is 448 g/mol. The number of halogens is 1. The summed E-state index contributed by atoms with van der Waals surface area (Å²) in [4.78, 5) is 23.7. The lowest BCUT2D eigenvalue weighted by atomic mass is 9.89. The van der Waals surface area contributed by atoms with Gasteiger partial charge in [-0.2, -0.15) is 4.31 Å². The van der Waals surface area contributed by atoms with Crippen molar-refractivity contribution in [3.05, 3.63) is 63.6 Å². The molecule has 2 aliphatic heterocycles. The number of benzene rings is 2. The fourth-order valence-corrected chi connectivity index (χ4v) is 5.20. The second-order valence-electron chi connectivity index (χ2n) is 6.76. The Morgan fingerprint density at radius 2 is 1.70 bits per heavy atom. The van der Waals surface area contributed by atoms with Crippen molar-refractivity contribution in [2.75, 3.05) is 0 Å². The number of piperidine rings is 1. The first-order chi connectivity index (χ1) is 12.8. The molecule has 27 heavy (non-hydrogen) atoms. The second kappa shape index (κ2) is 6.85. The predicted octanol–water partition coefficient (Wildman–Crippen LogP) is 2.67. The highest BCUT2D eigenvalue weighted by molar-refractivity contribution is 9.10. The zero-order valence-electron chi connectivity index (χ0n) is 14.3. The third-order valence-corrected chi connectivity index (χ3v) is 7.35. The summed E-state index contributed by atoms with van der Waals surface area (Å²) in [5.74, 6) is -0.905. The zero-order valence-corrected chi connectivity index (χ0v) is 16.7. The van der Waals surface area contributed by atoms with E-state index in [1.807, 2.05) is 18.2 Å². The molecule has 0 aromatic heterocycles. The first-order valence-corrected chi connectivity index (χ1v) is 10.8. The number of carbonyl (C=O) groups is 2. The lowest BCUT2D eigenvalue weighted by Gasteiger charge is -2.21. The molecule has 0 bridgehead atoms. The number of hydrogen-bond acceptors (Lipinski definition) is 4. The van der Waals surface area contributed by atoms with Crippen LogP contribution in [0.4, 0.5) is 0 Å². The lowest BCUT2D eigenvalue weighted by molar-refractivity contribution is -0.134. The molecule has 1 unspecified atom stereocenters. The Morgan fingerprint density at radius 1 is 1.00 bits per heavy atom. The van der Waals surface area contributed by atoms with Crippen LogP contribution in [-0.2, 0) is 32.7 Å². The number of rotatable bonds is 3. The number of imide groups is 1. The number of nitrogens with one attached hydrogen (secondary N) is 1. The first-order valence-electron chi connectivity index (χ1n) is 8.56. The SMILES string of the molecule is O=C1CCC(c2ccc3c(c2)CN(S(=O)(=O)c2ccc(Br)cc2)C3)C(=O)N1. The molecule has 1 fully saturated rings. The molecular weight excluding hydrogens is 432 g/mol. The highest BCUT2D eigenvalue weighted by Crippen LogP contribution is 2.33. The Balaban J connectivity index is 1.58. The van der Waals surface area contributed by atoms with Crippen LogP contribution < -0.4 is 5.32 Å². The van der Waals surface area contributed by atoms with Crippen LogP contribution in [0, 0.1) is 0 Å². The summed E-state index contributed by atoms with van der Waals surface area (Å²) in [7, 11) is -3.59. The van der Waals surface area contributed by atoms with Crippen molar-refractivity contribution in [1.29, 1.82) is 0 Å². The van der Waals surface area contributed by atoms with Crippen LogP contribution in [0.25, 0.3) is 0 Å². The number of hydrogen-bond donors (Lipinski definition) is 1. The van der Waals surface area contributed by atoms with Gasteiger partial charge in [-0.3, -0.25) is 14.9 Å². The Labute approximate surface area is 165 Å². The molecule has 2 aromatic rings. The molecule has 2 amide bonds. The third-order valence-electron chi connectivity index (χ3n) is 5.02. The molecule has 1 saturated heterocycles. The van der Waals surface area contributed by atoms with E-state index in [1.165, 1.54) is 4.31 Å². The van der Waals surface area contributed by atoms with Gasteiger partial charge in [0.15, 0.2) is 0 Å². The van der Waals surface area contributed by atoms with Crippen LogP contribution in [0.15, 0.2) is 51.8 Å². The highest BCUT2D eigenvalue weighted by atomic mass is 79.9. The summed E-state index contributed by atoms with van der Waals surface area (Å²) < 4.78 is 28.1. The van der Waals surface area contributed by atoms with Gasteiger partial charge in [0.2, 0.25) is 21.8 Å². The smallest absolute Gasteiger partial charge is 0.243 e. The summed E-state index contributed by atoms with van der Waals surface area (Å²) in [5, 5.41) is 2.37. The average molecular weight is 449 g/mol. The summed E-state index contributed by atoms with van der Waals surface area (Å²) in [6.45, 7) is 0.582. The average Bonchev–Trinajstić information content (AvgIpc) is 3.06. The summed E-state index contributed by atoms with van der Waals surface area (Å²) in [5.41, 5.74) is 2.66. The van der Waals surface area contributed by atoms with Crippen LogP contribution in [0.2, 0.25) is 0 Å². The van der Waals surface area contributed by atoms with Crippen molar-refractivity contribution in [3.8, 4) is 0 Å². The first kappa shape index (κ1) is 18.3. The standard InChI is InChI=1S/C19H17BrN2O4S/c20-15-3-5-16(6-4-15)27(25,26)22-10-13-2-1-12(9-14(13)11-22)17-7-8-18(23)21-19(17)24/h1-6,9,17H,7-8,10-11H2,(H,21,23,24). The molecule has 8 heteroatoms. The van der Waals surface area contributed by atoms with Crippen LogP contribution in [0.3, 0.4) is 0 Å². The lowest BCUT2D eigenvalue weighted by Crippen LogP contribution is -2.39. The quantitative estimate of drug-likeness (QED) is 0.731. The molecule has 0 radical (unpaired) electrons. The summed E-state index contributed by atoms with van der Waals surface area (Å²) in [6.07, 6.45) is 0.794. The highest BCUT2D eigenvalue weighted by Gasteiger charge is 2.33. The van der Waals surface area contributed by atoms with Crippen LogP contribution in [-0.4, -0.2) is 24.5 Å². The largest absolute Gasteiger partial charge is 0.296 e. The second-order valence-corrected chi connectivity index (χ2v) is 9.61. The number of nitrogens with zero attached hydrogens (tertiary/aromatic N) is 1. The van der Waals surface area contributed by atoms with Gasteiger partial charge >= 0.3 is 0 Å². The van der Waals surface area contributed by atoms with Gasteiger partial charge in [0.05, 0.1) is 10.8 Å². The van der Waals surface area contributed by atoms with E-state index < -0.39 is 10.0 Å². The molecular formula is C19H17BrN2O4S. The Morgan fingerprint density at radius 3 is 2.41 bits per heavy atom. The molecule has 6 nitrogen and oxygen atoms in total. The number of fused-ring (bicyclic) bond motifs is 1. The number of carbonyl (C=O) groups excluding carboxylic acids is 2. The van der Waals surface area contributed by atoms with E-state index in [9.17, 15) is 18.0 Å². The van der Waals surface area contributed by atoms with Gasteiger partial charge < -0.3 is 0 Å². The van der Waals surface area contributed by atoms with Crippen molar-refractivity contribution in [1.82, 2.24) is 9.62 Å². The Hall–Kier alpha value is -2.03. The maximum Gasteiger partial charge on any atom is 0.243 e. The van der Waals surface area contributed by atoms with Gasteiger partial charge in [-0.25, -0.2) is 8.42 Å². The Bertz CT molecular complexity index is 1030. The molecule has 0 aliphatic carbocycles. The molecule has 140 valence electrons. The maximum atomic E-state index is 12.9. The maximum absolute atomic E-state index is 12.9.